The molecule has 1 aromatic carbocycles. The van der Waals surface area contributed by atoms with Crippen LogP contribution in [0.5, 0.6) is 0 Å². The van der Waals surface area contributed by atoms with E-state index < -0.39 is 10.0 Å². The topological polar surface area (TPSA) is 57.7 Å². The van der Waals surface area contributed by atoms with E-state index >= 15 is 0 Å². The van der Waals surface area contributed by atoms with Gasteiger partial charge in [-0.1, -0.05) is 18.2 Å². The predicted octanol–water partition coefficient (Wildman–Crippen LogP) is 2.21. The average Bonchev–Trinajstić information content (AvgIpc) is 3.14. The number of nitrogens with zero attached hydrogens (tertiary/aromatic N) is 2. The normalized spacial score (nSPS) is 16.2. The van der Waals surface area contributed by atoms with Crippen molar-refractivity contribution in [3.05, 3.63) is 52.7 Å². The minimum atomic E-state index is -3.46. The van der Waals surface area contributed by atoms with Crippen LogP contribution in [-0.4, -0.2) is 49.7 Å². The number of aryl methyl sites for hydroxylation is 1. The van der Waals surface area contributed by atoms with Crippen LogP contribution in [0.1, 0.15) is 12.0 Å². The molecule has 5 nitrogen and oxygen atoms in total. The Morgan fingerprint density at radius 2 is 1.75 bits per heavy atom. The summed E-state index contributed by atoms with van der Waals surface area (Å²) in [5.41, 5.74) is 1.18. The molecule has 1 fully saturated rings. The number of benzene rings is 1. The molecule has 0 aliphatic carbocycles. The van der Waals surface area contributed by atoms with Crippen LogP contribution in [0.3, 0.4) is 0 Å². The maximum absolute atomic E-state index is 12.6. The van der Waals surface area contributed by atoms with E-state index in [9.17, 15) is 13.2 Å². The fourth-order valence-electron chi connectivity index (χ4n) is 2.76. The second kappa shape index (κ2) is 7.46. The van der Waals surface area contributed by atoms with Crippen LogP contribution in [0.2, 0.25) is 0 Å². The molecule has 7 heteroatoms. The zero-order valence-electron chi connectivity index (χ0n) is 13.3. The predicted molar refractivity (Wildman–Crippen MR) is 94.4 cm³/mol. The monoisotopic (exact) mass is 364 g/mol. The zero-order valence-corrected chi connectivity index (χ0v) is 14.9. The van der Waals surface area contributed by atoms with Crippen molar-refractivity contribution in [1.82, 2.24) is 9.21 Å². The summed E-state index contributed by atoms with van der Waals surface area (Å²) in [6.45, 7) is 1.60. The Labute approximate surface area is 146 Å². The van der Waals surface area contributed by atoms with Gasteiger partial charge in [0.15, 0.2) is 0 Å². The van der Waals surface area contributed by atoms with Crippen LogP contribution in [0.25, 0.3) is 0 Å². The minimum Gasteiger partial charge on any atom is -0.340 e. The number of thiophene rings is 1. The van der Waals surface area contributed by atoms with Gasteiger partial charge in [0.1, 0.15) is 0 Å². The molecule has 0 spiro atoms. The lowest BCUT2D eigenvalue weighted by Gasteiger charge is -2.34. The van der Waals surface area contributed by atoms with Crippen LogP contribution < -0.4 is 0 Å². The van der Waals surface area contributed by atoms with E-state index in [4.69, 9.17) is 0 Å². The average molecular weight is 364 g/mol. The second-order valence-corrected chi connectivity index (χ2v) is 8.45. The van der Waals surface area contributed by atoms with Crippen LogP contribution in [0, 0.1) is 0 Å². The van der Waals surface area contributed by atoms with Crippen molar-refractivity contribution in [2.24, 2.45) is 0 Å². The molecule has 2 aromatic rings. The Morgan fingerprint density at radius 3 is 2.38 bits per heavy atom. The number of amides is 1. The summed E-state index contributed by atoms with van der Waals surface area (Å²) in [4.78, 5) is 14.4. The number of carbonyl (C=O) groups is 1. The van der Waals surface area contributed by atoms with Crippen molar-refractivity contribution in [2.45, 2.75) is 17.7 Å². The fraction of sp³-hybridized carbons (Fsp3) is 0.353. The van der Waals surface area contributed by atoms with Gasteiger partial charge >= 0.3 is 0 Å². The van der Waals surface area contributed by atoms with Gasteiger partial charge in [-0.15, -0.1) is 0 Å². The number of sulfonamides is 1. The highest BCUT2D eigenvalue weighted by Crippen LogP contribution is 2.18. The van der Waals surface area contributed by atoms with Gasteiger partial charge in [0, 0.05) is 32.6 Å². The van der Waals surface area contributed by atoms with Gasteiger partial charge in [0.25, 0.3) is 0 Å². The zero-order chi connectivity index (χ0) is 17.0. The third kappa shape index (κ3) is 3.85. The lowest BCUT2D eigenvalue weighted by atomic mass is 10.1. The SMILES string of the molecule is O=C(CCc1ccsc1)N1CCN(S(=O)(=O)c2ccccc2)CC1. The molecular formula is C17H20N2O3S2. The molecule has 1 saturated heterocycles. The van der Waals surface area contributed by atoms with E-state index in [-0.39, 0.29) is 5.91 Å². The van der Waals surface area contributed by atoms with Crippen molar-refractivity contribution in [2.75, 3.05) is 26.2 Å². The highest BCUT2D eigenvalue weighted by molar-refractivity contribution is 7.89. The molecule has 0 saturated carbocycles. The molecule has 3 rings (SSSR count). The van der Waals surface area contributed by atoms with Gasteiger partial charge in [0.2, 0.25) is 15.9 Å². The first-order chi connectivity index (χ1) is 11.6. The van der Waals surface area contributed by atoms with Crippen molar-refractivity contribution in [3.63, 3.8) is 0 Å². The van der Waals surface area contributed by atoms with Gasteiger partial charge in [-0.25, -0.2) is 8.42 Å². The molecule has 128 valence electrons. The van der Waals surface area contributed by atoms with Crippen molar-refractivity contribution < 1.29 is 13.2 Å². The van der Waals surface area contributed by atoms with Crippen molar-refractivity contribution in [3.8, 4) is 0 Å². The Hall–Kier alpha value is -1.70. The quantitative estimate of drug-likeness (QED) is 0.817. The second-order valence-electron chi connectivity index (χ2n) is 5.73. The number of piperazine rings is 1. The first kappa shape index (κ1) is 17.1. The summed E-state index contributed by atoms with van der Waals surface area (Å²) in [5, 5.41) is 4.06. The van der Waals surface area contributed by atoms with Gasteiger partial charge in [-0.3, -0.25) is 4.79 Å². The van der Waals surface area contributed by atoms with E-state index in [0.717, 1.165) is 6.42 Å². The van der Waals surface area contributed by atoms with E-state index in [1.165, 1.54) is 9.87 Å². The van der Waals surface area contributed by atoms with Crippen molar-refractivity contribution >= 4 is 27.3 Å². The standard InChI is InChI=1S/C17H20N2O3S2/c20-17(7-6-15-8-13-23-14-15)18-9-11-19(12-10-18)24(21,22)16-4-2-1-3-5-16/h1-5,8,13-14H,6-7,9-12H2. The van der Waals surface area contributed by atoms with E-state index in [1.54, 1.807) is 46.6 Å². The minimum absolute atomic E-state index is 0.0953. The maximum atomic E-state index is 12.6. The lowest BCUT2D eigenvalue weighted by molar-refractivity contribution is -0.132. The van der Waals surface area contributed by atoms with E-state index in [2.05, 4.69) is 5.38 Å². The highest BCUT2D eigenvalue weighted by Gasteiger charge is 2.29. The Balaban J connectivity index is 1.54. The molecule has 0 N–H and O–H groups in total. The molecule has 0 radical (unpaired) electrons. The Bertz CT molecular complexity index is 765. The number of rotatable bonds is 5. The Morgan fingerprint density at radius 1 is 1.04 bits per heavy atom. The number of hydrogen-bond donors (Lipinski definition) is 0. The molecule has 24 heavy (non-hydrogen) atoms. The lowest BCUT2D eigenvalue weighted by Crippen LogP contribution is -2.50. The molecule has 1 aliphatic rings. The molecule has 1 amide bonds. The third-order valence-corrected chi connectivity index (χ3v) is 6.82. The van der Waals surface area contributed by atoms with Crippen LogP contribution in [-0.2, 0) is 21.2 Å². The van der Waals surface area contributed by atoms with Crippen molar-refractivity contribution in [1.29, 1.82) is 0 Å². The first-order valence-electron chi connectivity index (χ1n) is 7.91. The highest BCUT2D eigenvalue weighted by atomic mass is 32.2. The molecule has 1 aliphatic heterocycles. The fourth-order valence-corrected chi connectivity index (χ4v) is 4.91. The summed E-state index contributed by atoms with van der Waals surface area (Å²) in [7, 11) is -3.46. The largest absolute Gasteiger partial charge is 0.340 e. The molecule has 1 aromatic heterocycles. The number of carbonyl (C=O) groups excluding carboxylic acids is 1. The van der Waals surface area contributed by atoms with E-state index in [0.29, 0.717) is 37.5 Å². The summed E-state index contributed by atoms with van der Waals surface area (Å²) < 4.78 is 26.6. The molecule has 2 heterocycles. The van der Waals surface area contributed by atoms with Gasteiger partial charge < -0.3 is 4.90 Å². The van der Waals surface area contributed by atoms with Crippen LogP contribution >= 0.6 is 11.3 Å². The van der Waals surface area contributed by atoms with Crippen LogP contribution in [0.4, 0.5) is 0 Å². The molecule has 0 atom stereocenters. The summed E-state index contributed by atoms with van der Waals surface area (Å²) >= 11 is 1.63. The number of hydrogen-bond acceptors (Lipinski definition) is 4. The van der Waals surface area contributed by atoms with E-state index in [1.807, 2.05) is 11.4 Å². The first-order valence-corrected chi connectivity index (χ1v) is 10.3. The van der Waals surface area contributed by atoms with Crippen LogP contribution in [0.15, 0.2) is 52.1 Å². The smallest absolute Gasteiger partial charge is 0.243 e. The van der Waals surface area contributed by atoms with Gasteiger partial charge in [-0.2, -0.15) is 15.6 Å². The summed E-state index contributed by atoms with van der Waals surface area (Å²) in [6.07, 6.45) is 1.22. The van der Waals surface area contributed by atoms with Gasteiger partial charge in [-0.05, 0) is 40.9 Å². The third-order valence-electron chi connectivity index (χ3n) is 4.18. The Kier molecular flexibility index (Phi) is 5.33. The molecule has 0 unspecified atom stereocenters. The molecular weight excluding hydrogens is 344 g/mol. The van der Waals surface area contributed by atoms with Gasteiger partial charge in [0.05, 0.1) is 4.90 Å². The molecule has 0 bridgehead atoms. The summed E-state index contributed by atoms with van der Waals surface area (Å²) in [5.74, 6) is 0.0953. The summed E-state index contributed by atoms with van der Waals surface area (Å²) in [6, 6.07) is 10.5. The maximum Gasteiger partial charge on any atom is 0.243 e.